The number of hydrogen-bond acceptors (Lipinski definition) is 4. The van der Waals surface area contributed by atoms with Crippen molar-refractivity contribution in [3.63, 3.8) is 0 Å². The molecule has 158 valence electrons. The number of rotatable bonds is 2. The van der Waals surface area contributed by atoms with Crippen LogP contribution < -0.4 is 0 Å². The Morgan fingerprint density at radius 3 is 2.36 bits per heavy atom. The molecule has 9 heteroatoms. The molecule has 1 aliphatic carbocycles. The average Bonchev–Trinajstić information content (AvgIpc) is 2.96. The molecule has 5 nitrogen and oxygen atoms in total. The van der Waals surface area contributed by atoms with E-state index < -0.39 is 15.6 Å². The summed E-state index contributed by atoms with van der Waals surface area (Å²) in [5, 5.41) is 0. The second-order valence-electron chi connectivity index (χ2n) is 7.78. The van der Waals surface area contributed by atoms with Crippen molar-refractivity contribution in [2.75, 3.05) is 13.7 Å². The van der Waals surface area contributed by atoms with Gasteiger partial charge in [0.25, 0.3) is 0 Å². The van der Waals surface area contributed by atoms with Gasteiger partial charge in [0.05, 0.1) is 0 Å². The Morgan fingerprint density at radius 2 is 1.86 bits per heavy atom. The summed E-state index contributed by atoms with van der Waals surface area (Å²) >= 11 is 0. The number of hydrogen-bond donors (Lipinski definition) is 0. The van der Waals surface area contributed by atoms with Gasteiger partial charge < -0.3 is 9.29 Å². The summed E-state index contributed by atoms with van der Waals surface area (Å²) in [5.74, 6) is 1.81. The molecule has 2 aliphatic rings. The van der Waals surface area contributed by atoms with E-state index >= 15 is 0 Å². The number of ether oxygens (including phenoxy) is 1. The zero-order chi connectivity index (χ0) is 21.3. The maximum absolute atomic E-state index is 10.7. The molecule has 0 fully saturated rings. The lowest BCUT2D eigenvalue weighted by Crippen LogP contribution is -2.40. The van der Waals surface area contributed by atoms with Gasteiger partial charge in [-0.15, -0.1) is 0 Å². The van der Waals surface area contributed by atoms with Crippen LogP contribution in [-0.2, 0) is 26.7 Å². The fourth-order valence-corrected chi connectivity index (χ4v) is 3.98. The van der Waals surface area contributed by atoms with Crippen LogP contribution in [0, 0.1) is 5.92 Å². The Kier molecular flexibility index (Phi) is 6.50. The number of aryl methyl sites for hydroxylation is 1. The van der Waals surface area contributed by atoms with Crippen molar-refractivity contribution >= 4 is 16.0 Å². The van der Waals surface area contributed by atoms with Crippen LogP contribution in [0.2, 0.25) is 0 Å². The van der Waals surface area contributed by atoms with E-state index in [2.05, 4.69) is 56.7 Å². The van der Waals surface area contributed by atoms with E-state index in [1.165, 1.54) is 36.3 Å². The van der Waals surface area contributed by atoms with Gasteiger partial charge in [-0.1, -0.05) is 38.1 Å². The predicted octanol–water partition coefficient (Wildman–Crippen LogP) is 3.43. The van der Waals surface area contributed by atoms with E-state index in [1.54, 1.807) is 0 Å². The number of benzene rings is 1. The Morgan fingerprint density at radius 1 is 1.29 bits per heavy atom. The zero-order valence-electron chi connectivity index (χ0n) is 16.4. The van der Waals surface area contributed by atoms with Crippen LogP contribution in [0.1, 0.15) is 44.7 Å². The van der Waals surface area contributed by atoms with Gasteiger partial charge in [-0.25, -0.2) is 8.42 Å². The number of halogens is 3. The summed E-state index contributed by atoms with van der Waals surface area (Å²) in [4.78, 5) is 0. The summed E-state index contributed by atoms with van der Waals surface area (Å²) in [5.41, 5.74) is -2.63. The molecule has 0 saturated carbocycles. The van der Waals surface area contributed by atoms with E-state index in [4.69, 9.17) is 17.7 Å². The highest BCUT2D eigenvalue weighted by atomic mass is 32.2. The number of fused-ring (bicyclic) bond motifs is 1. The molecule has 0 aromatic heterocycles. The third-order valence-electron chi connectivity index (χ3n) is 5.47. The van der Waals surface area contributed by atoms with E-state index in [-0.39, 0.29) is 5.41 Å². The summed E-state index contributed by atoms with van der Waals surface area (Å²) in [6.07, 6.45) is 3.64. The molecule has 0 saturated heterocycles. The molecule has 3 rings (SSSR count). The SMILES string of the molecule is CC(C)[C@H]1COC([C@@]2(C)CCCc3ccccc32)=[N+]1C.O=S(=O)([O-])C(F)(F)F. The lowest BCUT2D eigenvalue weighted by molar-refractivity contribution is -0.537. The lowest BCUT2D eigenvalue weighted by Gasteiger charge is -2.32. The highest BCUT2D eigenvalue weighted by molar-refractivity contribution is 7.86. The van der Waals surface area contributed by atoms with Crippen LogP contribution in [-0.4, -0.2) is 48.6 Å². The topological polar surface area (TPSA) is 69.4 Å². The van der Waals surface area contributed by atoms with Gasteiger partial charge in [0.1, 0.15) is 12.5 Å². The van der Waals surface area contributed by atoms with Crippen LogP contribution >= 0.6 is 0 Å². The van der Waals surface area contributed by atoms with Crippen molar-refractivity contribution in [2.45, 2.75) is 57.0 Å². The van der Waals surface area contributed by atoms with Crippen molar-refractivity contribution in [3.05, 3.63) is 35.4 Å². The molecule has 0 bridgehead atoms. The molecule has 28 heavy (non-hydrogen) atoms. The first-order chi connectivity index (χ1) is 12.8. The molecular formula is C19H26F3NO4S. The van der Waals surface area contributed by atoms with Crippen molar-refractivity contribution in [1.29, 1.82) is 0 Å². The van der Waals surface area contributed by atoms with Gasteiger partial charge in [0.2, 0.25) is 0 Å². The fourth-order valence-electron chi connectivity index (χ4n) is 3.98. The van der Waals surface area contributed by atoms with Gasteiger partial charge in [0, 0.05) is 5.92 Å². The summed E-state index contributed by atoms with van der Waals surface area (Å²) < 4.78 is 67.5. The maximum Gasteiger partial charge on any atom is 0.485 e. The first kappa shape index (κ1) is 22.7. The summed E-state index contributed by atoms with van der Waals surface area (Å²) in [7, 11) is -3.89. The number of likely N-dealkylation sites (N-methyl/N-ethyl adjacent to an activating group) is 1. The van der Waals surface area contributed by atoms with Crippen molar-refractivity contribution in [1.82, 2.24) is 0 Å². The third-order valence-corrected chi connectivity index (χ3v) is 6.04. The Labute approximate surface area is 164 Å². The minimum absolute atomic E-state index is 0.0488. The Hall–Kier alpha value is -1.61. The smallest absolute Gasteiger partial charge is 0.485 e. The normalized spacial score (nSPS) is 25.1. The zero-order valence-corrected chi connectivity index (χ0v) is 17.2. The van der Waals surface area contributed by atoms with Gasteiger partial charge >= 0.3 is 11.4 Å². The van der Waals surface area contributed by atoms with Crippen molar-refractivity contribution < 1.29 is 35.5 Å². The molecule has 1 aliphatic heterocycles. The second kappa shape index (κ2) is 8.02. The largest absolute Gasteiger partial charge is 0.741 e. The van der Waals surface area contributed by atoms with Crippen LogP contribution in [0.3, 0.4) is 0 Å². The van der Waals surface area contributed by atoms with E-state index in [1.807, 2.05) is 0 Å². The fraction of sp³-hybridized carbons (Fsp3) is 0.632. The van der Waals surface area contributed by atoms with Crippen molar-refractivity contribution in [3.8, 4) is 0 Å². The van der Waals surface area contributed by atoms with E-state index in [0.717, 1.165) is 6.61 Å². The highest BCUT2D eigenvalue weighted by Crippen LogP contribution is 2.40. The van der Waals surface area contributed by atoms with Crippen LogP contribution in [0.4, 0.5) is 13.2 Å². The summed E-state index contributed by atoms with van der Waals surface area (Å²) in [6, 6.07) is 9.41. The Balaban J connectivity index is 0.000000300. The minimum atomic E-state index is -6.09. The molecule has 0 radical (unpaired) electrons. The number of nitrogens with zero attached hydrogens (tertiary/aromatic N) is 1. The van der Waals surface area contributed by atoms with Gasteiger partial charge in [0.15, 0.2) is 22.8 Å². The lowest BCUT2D eigenvalue weighted by atomic mass is 9.71. The average molecular weight is 421 g/mol. The monoisotopic (exact) mass is 421 g/mol. The van der Waals surface area contributed by atoms with Crippen LogP contribution in [0.5, 0.6) is 0 Å². The highest BCUT2D eigenvalue weighted by Gasteiger charge is 2.48. The van der Waals surface area contributed by atoms with Crippen LogP contribution in [0.25, 0.3) is 0 Å². The number of alkyl halides is 3. The molecule has 0 N–H and O–H groups in total. The van der Waals surface area contributed by atoms with Crippen LogP contribution in [0.15, 0.2) is 24.3 Å². The molecule has 0 spiro atoms. The molecule has 1 heterocycles. The molecule has 1 aromatic carbocycles. The first-order valence-electron chi connectivity index (χ1n) is 9.12. The third kappa shape index (κ3) is 4.51. The standard InChI is InChI=1S/C18H26NO.CHF3O3S/c1-13(2)16-12-20-17(19(16)4)18(3)11-7-9-14-8-5-6-10-15(14)18;2-1(3,4)8(5,6)7/h5-6,8,10,13,16H,7,9,11-12H2,1-4H3;(H,5,6,7)/q+1;/p-1/t16-,18+;/m1./s1. The van der Waals surface area contributed by atoms with E-state index in [0.29, 0.717) is 12.0 Å². The van der Waals surface area contributed by atoms with E-state index in [9.17, 15) is 13.2 Å². The van der Waals surface area contributed by atoms with Gasteiger partial charge in [-0.05, 0) is 37.3 Å². The molecule has 0 amide bonds. The molecule has 1 aromatic rings. The van der Waals surface area contributed by atoms with Crippen molar-refractivity contribution in [2.24, 2.45) is 5.92 Å². The van der Waals surface area contributed by atoms with Gasteiger partial charge in [-0.3, -0.25) is 0 Å². The Bertz CT molecular complexity index is 849. The molecular weight excluding hydrogens is 395 g/mol. The maximum atomic E-state index is 10.7. The quantitative estimate of drug-likeness (QED) is 0.417. The second-order valence-corrected chi connectivity index (χ2v) is 9.15. The minimum Gasteiger partial charge on any atom is -0.741 e. The van der Waals surface area contributed by atoms with Gasteiger partial charge in [-0.2, -0.15) is 17.7 Å². The predicted molar refractivity (Wildman–Crippen MR) is 98.3 cm³/mol. The first-order valence-corrected chi connectivity index (χ1v) is 10.5. The molecule has 2 atom stereocenters. The molecule has 0 unspecified atom stereocenters. The summed E-state index contributed by atoms with van der Waals surface area (Å²) in [6.45, 7) is 7.76.